The first-order valence-corrected chi connectivity index (χ1v) is 10.4. The lowest BCUT2D eigenvalue weighted by molar-refractivity contribution is 0.392. The summed E-state index contributed by atoms with van der Waals surface area (Å²) >= 11 is 0. The van der Waals surface area contributed by atoms with Crippen LogP contribution < -0.4 is 14.1 Å². The summed E-state index contributed by atoms with van der Waals surface area (Å²) in [5.74, 6) is 0.979. The van der Waals surface area contributed by atoms with Crippen LogP contribution in [-0.2, 0) is 4.57 Å². The van der Waals surface area contributed by atoms with Crippen LogP contribution in [0.1, 0.15) is 22.3 Å². The summed E-state index contributed by atoms with van der Waals surface area (Å²) in [6.45, 7) is 7.89. The molecule has 3 aromatic carbocycles. The summed E-state index contributed by atoms with van der Waals surface area (Å²) in [5, 5.41) is 3.01. The minimum Gasteiger partial charge on any atom is -0.400 e. The normalized spacial score (nSPS) is 11.1. The van der Waals surface area contributed by atoms with E-state index in [0.29, 0.717) is 11.5 Å². The van der Waals surface area contributed by atoms with Gasteiger partial charge in [-0.3, -0.25) is 5.09 Å². The maximum absolute atomic E-state index is 13.7. The Bertz CT molecular complexity index is 949. The van der Waals surface area contributed by atoms with Gasteiger partial charge in [0.05, 0.1) is 0 Å². The van der Waals surface area contributed by atoms with Crippen LogP contribution in [0.5, 0.6) is 11.5 Å². The van der Waals surface area contributed by atoms with E-state index in [1.165, 1.54) is 0 Å². The molecule has 0 bridgehead atoms. The highest BCUT2D eigenvalue weighted by atomic mass is 31.2. The molecular formula is C22H24NO3P. The highest BCUT2D eigenvalue weighted by molar-refractivity contribution is 7.56. The van der Waals surface area contributed by atoms with Crippen molar-refractivity contribution in [3.05, 3.63) is 89.0 Å². The van der Waals surface area contributed by atoms with Gasteiger partial charge in [-0.15, -0.1) is 0 Å². The largest absolute Gasteiger partial charge is 0.541 e. The van der Waals surface area contributed by atoms with Gasteiger partial charge in [-0.25, -0.2) is 4.57 Å². The second-order valence-electron chi connectivity index (χ2n) is 6.67. The fraction of sp³-hybridized carbons (Fsp3) is 0.182. The third-order valence-corrected chi connectivity index (χ3v) is 5.71. The molecule has 3 aromatic rings. The first-order chi connectivity index (χ1) is 12.8. The van der Waals surface area contributed by atoms with Gasteiger partial charge in [0.15, 0.2) is 0 Å². The van der Waals surface area contributed by atoms with E-state index in [4.69, 9.17) is 9.05 Å². The quantitative estimate of drug-likeness (QED) is 0.489. The second kappa shape index (κ2) is 7.89. The van der Waals surface area contributed by atoms with Crippen LogP contribution in [0, 0.1) is 27.7 Å². The van der Waals surface area contributed by atoms with Gasteiger partial charge in [0.1, 0.15) is 11.5 Å². The zero-order valence-electron chi connectivity index (χ0n) is 16.0. The Morgan fingerprint density at radius 3 is 1.78 bits per heavy atom. The van der Waals surface area contributed by atoms with Crippen LogP contribution in [0.2, 0.25) is 0 Å². The zero-order chi connectivity index (χ0) is 19.4. The molecule has 1 N–H and O–H groups in total. The first kappa shape index (κ1) is 19.1. The van der Waals surface area contributed by atoms with Crippen molar-refractivity contribution in [2.45, 2.75) is 27.7 Å². The van der Waals surface area contributed by atoms with E-state index in [1.54, 1.807) is 12.1 Å². The van der Waals surface area contributed by atoms with Crippen molar-refractivity contribution in [1.82, 2.24) is 0 Å². The molecule has 0 saturated heterocycles. The topological polar surface area (TPSA) is 47.6 Å². The molecule has 4 nitrogen and oxygen atoms in total. The molecule has 5 heteroatoms. The highest BCUT2D eigenvalue weighted by Gasteiger charge is 2.30. The molecule has 27 heavy (non-hydrogen) atoms. The molecule has 140 valence electrons. The molecule has 0 fully saturated rings. The van der Waals surface area contributed by atoms with E-state index in [1.807, 2.05) is 82.3 Å². The summed E-state index contributed by atoms with van der Waals surface area (Å²) in [4.78, 5) is 0. The number of hydrogen-bond acceptors (Lipinski definition) is 3. The molecule has 0 aliphatic heterocycles. The molecule has 0 heterocycles. The summed E-state index contributed by atoms with van der Waals surface area (Å²) in [5.41, 5.74) is 4.84. The maximum Gasteiger partial charge on any atom is 0.541 e. The first-order valence-electron chi connectivity index (χ1n) is 8.82. The number of aryl methyl sites for hydroxylation is 3. The van der Waals surface area contributed by atoms with E-state index in [2.05, 4.69) is 5.09 Å². The monoisotopic (exact) mass is 381 g/mol. The molecule has 0 atom stereocenters. The van der Waals surface area contributed by atoms with E-state index in [9.17, 15) is 4.57 Å². The lowest BCUT2D eigenvalue weighted by Crippen LogP contribution is -2.11. The predicted octanol–water partition coefficient (Wildman–Crippen LogP) is 6.60. The van der Waals surface area contributed by atoms with Gasteiger partial charge in [-0.05, 0) is 80.3 Å². The van der Waals surface area contributed by atoms with Gasteiger partial charge >= 0.3 is 7.75 Å². The lowest BCUT2D eigenvalue weighted by atomic mass is 10.1. The Kier molecular flexibility index (Phi) is 5.57. The van der Waals surface area contributed by atoms with Crippen molar-refractivity contribution < 1.29 is 13.6 Å². The number of nitrogens with one attached hydrogen (secondary N) is 1. The van der Waals surface area contributed by atoms with E-state index >= 15 is 0 Å². The van der Waals surface area contributed by atoms with Gasteiger partial charge in [0.2, 0.25) is 0 Å². The van der Waals surface area contributed by atoms with Crippen LogP contribution in [0.4, 0.5) is 5.69 Å². The lowest BCUT2D eigenvalue weighted by Gasteiger charge is -2.22. The zero-order valence-corrected chi connectivity index (χ0v) is 16.9. The number of rotatable bonds is 6. The van der Waals surface area contributed by atoms with Gasteiger partial charge in [-0.2, -0.15) is 0 Å². The molecule has 0 aliphatic carbocycles. The standard InChI is InChI=1S/C22H24NO3P/c1-16-8-5-11-20(14-16)25-27(24,26-21-12-6-9-17(2)15-21)23-22-13-7-10-18(3)19(22)4/h5-15H,1-4H3,(H,23,24). The van der Waals surface area contributed by atoms with Crippen molar-refractivity contribution in [2.75, 3.05) is 5.09 Å². The average Bonchev–Trinajstić information content (AvgIpc) is 2.59. The second-order valence-corrected chi connectivity index (χ2v) is 8.26. The Hall–Kier alpha value is -2.71. The van der Waals surface area contributed by atoms with E-state index in [-0.39, 0.29) is 0 Å². The Morgan fingerprint density at radius 1 is 0.741 bits per heavy atom. The molecule has 0 aliphatic rings. The van der Waals surface area contributed by atoms with Crippen LogP contribution in [-0.4, -0.2) is 0 Å². The Balaban J connectivity index is 1.96. The smallest absolute Gasteiger partial charge is 0.400 e. The van der Waals surface area contributed by atoms with Crippen molar-refractivity contribution >= 4 is 13.4 Å². The van der Waals surface area contributed by atoms with Crippen LogP contribution >= 0.6 is 7.75 Å². The number of anilines is 1. The number of benzene rings is 3. The molecule has 0 unspecified atom stereocenters. The summed E-state index contributed by atoms with van der Waals surface area (Å²) in [6, 6.07) is 20.6. The van der Waals surface area contributed by atoms with Crippen molar-refractivity contribution in [3.63, 3.8) is 0 Å². The van der Waals surface area contributed by atoms with Gasteiger partial charge in [-0.1, -0.05) is 36.4 Å². The van der Waals surface area contributed by atoms with Gasteiger partial charge in [0.25, 0.3) is 0 Å². The van der Waals surface area contributed by atoms with Gasteiger partial charge < -0.3 is 9.05 Å². The molecule has 0 aromatic heterocycles. The van der Waals surface area contributed by atoms with Crippen molar-refractivity contribution in [2.24, 2.45) is 0 Å². The van der Waals surface area contributed by atoms with Crippen LogP contribution in [0.15, 0.2) is 66.7 Å². The molecule has 0 amide bonds. The highest BCUT2D eigenvalue weighted by Crippen LogP contribution is 2.49. The molecular weight excluding hydrogens is 357 g/mol. The molecule has 3 rings (SSSR count). The van der Waals surface area contributed by atoms with E-state index < -0.39 is 7.75 Å². The third kappa shape index (κ3) is 4.93. The summed E-state index contributed by atoms with van der Waals surface area (Å²) in [7, 11) is -3.72. The Labute approximate surface area is 160 Å². The molecule has 0 spiro atoms. The molecule has 0 saturated carbocycles. The van der Waals surface area contributed by atoms with Crippen LogP contribution in [0.3, 0.4) is 0 Å². The predicted molar refractivity (Wildman–Crippen MR) is 111 cm³/mol. The summed E-state index contributed by atoms with van der Waals surface area (Å²) in [6.07, 6.45) is 0. The van der Waals surface area contributed by atoms with Crippen molar-refractivity contribution in [3.8, 4) is 11.5 Å². The van der Waals surface area contributed by atoms with E-state index in [0.717, 1.165) is 27.9 Å². The average molecular weight is 381 g/mol. The maximum atomic E-state index is 13.7. The SMILES string of the molecule is Cc1cccc(OP(=O)(Nc2cccc(C)c2C)Oc2cccc(C)c2)c1. The Morgan fingerprint density at radius 2 is 1.26 bits per heavy atom. The third-order valence-electron chi connectivity index (χ3n) is 4.29. The summed E-state index contributed by atoms with van der Waals surface area (Å²) < 4.78 is 25.3. The minimum absolute atomic E-state index is 0.490. The van der Waals surface area contributed by atoms with Gasteiger partial charge in [0, 0.05) is 5.69 Å². The fourth-order valence-electron chi connectivity index (χ4n) is 2.71. The fourth-order valence-corrected chi connectivity index (χ4v) is 4.15. The van der Waals surface area contributed by atoms with Crippen LogP contribution in [0.25, 0.3) is 0 Å². The molecule has 0 radical (unpaired) electrons. The minimum atomic E-state index is -3.72. The van der Waals surface area contributed by atoms with Crippen molar-refractivity contribution in [1.29, 1.82) is 0 Å². The number of hydrogen-bond donors (Lipinski definition) is 1.